The SMILES string of the molecule is CCc1ccc(C(=O)COc2cc(C)c(Br)c(C)c2)s1. The lowest BCUT2D eigenvalue weighted by Crippen LogP contribution is -2.10. The molecule has 2 rings (SSSR count). The van der Waals surface area contributed by atoms with Gasteiger partial charge in [-0.1, -0.05) is 22.9 Å². The third kappa shape index (κ3) is 3.49. The molecule has 2 aromatic rings. The van der Waals surface area contributed by atoms with Gasteiger partial charge in [0.25, 0.3) is 0 Å². The number of ether oxygens (including phenoxy) is 1. The van der Waals surface area contributed by atoms with Gasteiger partial charge in [-0.2, -0.15) is 0 Å². The number of rotatable bonds is 5. The molecule has 1 aromatic carbocycles. The number of aryl methyl sites for hydroxylation is 3. The van der Waals surface area contributed by atoms with Crippen molar-refractivity contribution < 1.29 is 9.53 Å². The molecule has 0 spiro atoms. The fourth-order valence-electron chi connectivity index (χ4n) is 1.93. The smallest absolute Gasteiger partial charge is 0.210 e. The molecule has 0 aliphatic carbocycles. The molecule has 0 saturated heterocycles. The summed E-state index contributed by atoms with van der Waals surface area (Å²) >= 11 is 5.07. The zero-order valence-corrected chi connectivity index (χ0v) is 14.2. The predicted octanol–water partition coefficient (Wildman–Crippen LogP) is 4.95. The van der Waals surface area contributed by atoms with Gasteiger partial charge in [-0.05, 0) is 55.7 Å². The fourth-order valence-corrected chi connectivity index (χ4v) is 3.03. The van der Waals surface area contributed by atoms with Crippen LogP contribution in [0.4, 0.5) is 0 Å². The molecule has 0 atom stereocenters. The average Bonchev–Trinajstić information content (AvgIpc) is 2.91. The Hall–Kier alpha value is -1.13. The van der Waals surface area contributed by atoms with E-state index in [-0.39, 0.29) is 12.4 Å². The van der Waals surface area contributed by atoms with Gasteiger partial charge in [0.05, 0.1) is 4.88 Å². The Labute approximate surface area is 131 Å². The Morgan fingerprint density at radius 3 is 2.45 bits per heavy atom. The monoisotopic (exact) mass is 352 g/mol. The first-order chi connectivity index (χ1) is 9.51. The minimum atomic E-state index is 0.0351. The number of carbonyl (C=O) groups is 1. The zero-order valence-electron chi connectivity index (χ0n) is 11.8. The molecular weight excluding hydrogens is 336 g/mol. The van der Waals surface area contributed by atoms with E-state index in [9.17, 15) is 4.79 Å². The van der Waals surface area contributed by atoms with Crippen molar-refractivity contribution in [3.63, 3.8) is 0 Å². The van der Waals surface area contributed by atoms with E-state index in [1.165, 1.54) is 4.88 Å². The van der Waals surface area contributed by atoms with Gasteiger partial charge in [-0.3, -0.25) is 4.79 Å². The van der Waals surface area contributed by atoms with Crippen LogP contribution in [0.1, 0.15) is 32.6 Å². The van der Waals surface area contributed by atoms with Gasteiger partial charge in [0.2, 0.25) is 5.78 Å². The van der Waals surface area contributed by atoms with Crippen LogP contribution in [0.2, 0.25) is 0 Å². The van der Waals surface area contributed by atoms with E-state index in [2.05, 4.69) is 22.9 Å². The van der Waals surface area contributed by atoms with E-state index in [1.54, 1.807) is 11.3 Å². The van der Waals surface area contributed by atoms with Crippen molar-refractivity contribution in [1.82, 2.24) is 0 Å². The maximum atomic E-state index is 12.1. The first-order valence-corrected chi connectivity index (χ1v) is 8.13. The van der Waals surface area contributed by atoms with Crippen LogP contribution in [0.5, 0.6) is 5.75 Å². The van der Waals surface area contributed by atoms with Crippen LogP contribution in [0.15, 0.2) is 28.7 Å². The number of Topliss-reactive ketones (excluding diaryl/α,β-unsaturated/α-hetero) is 1. The maximum absolute atomic E-state index is 12.1. The van der Waals surface area contributed by atoms with E-state index in [4.69, 9.17) is 4.74 Å². The summed E-state index contributed by atoms with van der Waals surface area (Å²) in [5.41, 5.74) is 2.22. The van der Waals surface area contributed by atoms with Gasteiger partial charge in [-0.25, -0.2) is 0 Å². The third-order valence-electron chi connectivity index (χ3n) is 3.06. The molecule has 0 aliphatic heterocycles. The summed E-state index contributed by atoms with van der Waals surface area (Å²) in [5, 5.41) is 0. The summed E-state index contributed by atoms with van der Waals surface area (Å²) in [4.78, 5) is 14.1. The minimum absolute atomic E-state index is 0.0351. The lowest BCUT2D eigenvalue weighted by Gasteiger charge is -2.09. The number of carbonyl (C=O) groups excluding carboxylic acids is 1. The Morgan fingerprint density at radius 1 is 1.25 bits per heavy atom. The van der Waals surface area contributed by atoms with Crippen molar-refractivity contribution in [1.29, 1.82) is 0 Å². The molecule has 0 aliphatic rings. The van der Waals surface area contributed by atoms with Gasteiger partial charge in [0.1, 0.15) is 5.75 Å². The van der Waals surface area contributed by atoms with Crippen LogP contribution in [0.3, 0.4) is 0 Å². The maximum Gasteiger partial charge on any atom is 0.210 e. The Bertz CT molecular complexity index is 608. The molecule has 1 heterocycles. The number of hydrogen-bond acceptors (Lipinski definition) is 3. The molecule has 0 N–H and O–H groups in total. The van der Waals surface area contributed by atoms with E-state index in [0.717, 1.165) is 32.6 Å². The lowest BCUT2D eigenvalue weighted by molar-refractivity contribution is 0.0925. The Balaban J connectivity index is 2.03. The number of hydrogen-bond donors (Lipinski definition) is 0. The summed E-state index contributed by atoms with van der Waals surface area (Å²) in [6.07, 6.45) is 0.962. The Kier molecular flexibility index (Phi) is 5.00. The van der Waals surface area contributed by atoms with Gasteiger partial charge >= 0.3 is 0 Å². The van der Waals surface area contributed by atoms with E-state index < -0.39 is 0 Å². The second kappa shape index (κ2) is 6.55. The van der Waals surface area contributed by atoms with Crippen molar-refractivity contribution in [3.05, 3.63) is 49.6 Å². The summed E-state index contributed by atoms with van der Waals surface area (Å²) in [7, 11) is 0. The molecule has 0 unspecified atom stereocenters. The highest BCUT2D eigenvalue weighted by molar-refractivity contribution is 9.10. The van der Waals surface area contributed by atoms with Crippen molar-refractivity contribution in [2.24, 2.45) is 0 Å². The molecule has 0 amide bonds. The standard InChI is InChI=1S/C16H17BrO2S/c1-4-13-5-6-15(20-13)14(18)9-19-12-7-10(2)16(17)11(3)8-12/h5-8H,4,9H2,1-3H3. The summed E-state index contributed by atoms with van der Waals surface area (Å²) in [5.74, 6) is 0.775. The molecule has 20 heavy (non-hydrogen) atoms. The fraction of sp³-hybridized carbons (Fsp3) is 0.312. The second-order valence-electron chi connectivity index (χ2n) is 4.70. The normalized spacial score (nSPS) is 10.6. The van der Waals surface area contributed by atoms with Crippen molar-refractivity contribution >= 4 is 33.0 Å². The molecule has 106 valence electrons. The second-order valence-corrected chi connectivity index (χ2v) is 6.66. The van der Waals surface area contributed by atoms with Gasteiger partial charge in [-0.15, -0.1) is 11.3 Å². The summed E-state index contributed by atoms with van der Waals surface area (Å²) in [6, 6.07) is 7.77. The van der Waals surface area contributed by atoms with Crippen molar-refractivity contribution in [3.8, 4) is 5.75 Å². The van der Waals surface area contributed by atoms with Gasteiger partial charge in [0.15, 0.2) is 6.61 Å². The highest BCUT2D eigenvalue weighted by atomic mass is 79.9. The molecule has 4 heteroatoms. The lowest BCUT2D eigenvalue weighted by atomic mass is 10.1. The van der Waals surface area contributed by atoms with Gasteiger partial charge < -0.3 is 4.74 Å². The molecule has 0 radical (unpaired) electrons. The Morgan fingerprint density at radius 2 is 1.90 bits per heavy atom. The first-order valence-electron chi connectivity index (χ1n) is 6.52. The molecule has 1 aromatic heterocycles. The molecule has 0 bridgehead atoms. The summed E-state index contributed by atoms with van der Waals surface area (Å²) < 4.78 is 6.70. The molecular formula is C16H17BrO2S. The van der Waals surface area contributed by atoms with Crippen LogP contribution in [0, 0.1) is 13.8 Å². The zero-order chi connectivity index (χ0) is 14.7. The molecule has 0 fully saturated rings. The van der Waals surface area contributed by atoms with Crippen LogP contribution in [0.25, 0.3) is 0 Å². The van der Waals surface area contributed by atoms with E-state index in [1.807, 2.05) is 38.1 Å². The van der Waals surface area contributed by atoms with Crippen LogP contribution in [-0.4, -0.2) is 12.4 Å². The number of thiophene rings is 1. The van der Waals surface area contributed by atoms with E-state index in [0.29, 0.717) is 0 Å². The minimum Gasteiger partial charge on any atom is -0.485 e. The van der Waals surface area contributed by atoms with Crippen LogP contribution < -0.4 is 4.74 Å². The largest absolute Gasteiger partial charge is 0.485 e. The van der Waals surface area contributed by atoms with Gasteiger partial charge in [0, 0.05) is 9.35 Å². The quantitative estimate of drug-likeness (QED) is 0.711. The topological polar surface area (TPSA) is 26.3 Å². The molecule has 0 saturated carbocycles. The molecule has 2 nitrogen and oxygen atoms in total. The highest BCUT2D eigenvalue weighted by Gasteiger charge is 2.10. The van der Waals surface area contributed by atoms with Crippen LogP contribution in [-0.2, 0) is 6.42 Å². The highest BCUT2D eigenvalue weighted by Crippen LogP contribution is 2.26. The average molecular weight is 353 g/mol. The number of ketones is 1. The summed E-state index contributed by atoms with van der Waals surface area (Å²) in [6.45, 7) is 6.20. The number of halogens is 1. The third-order valence-corrected chi connectivity index (χ3v) is 5.59. The number of benzene rings is 1. The van der Waals surface area contributed by atoms with Crippen LogP contribution >= 0.6 is 27.3 Å². The first kappa shape index (κ1) is 15.3. The van der Waals surface area contributed by atoms with Crippen molar-refractivity contribution in [2.45, 2.75) is 27.2 Å². The van der Waals surface area contributed by atoms with Crippen molar-refractivity contribution in [2.75, 3.05) is 6.61 Å². The predicted molar refractivity (Wildman–Crippen MR) is 87.1 cm³/mol. The van der Waals surface area contributed by atoms with E-state index >= 15 is 0 Å².